The third-order valence-corrected chi connectivity index (χ3v) is 4.78. The van der Waals surface area contributed by atoms with Gasteiger partial charge in [0.15, 0.2) is 0 Å². The molecule has 1 amide bonds. The van der Waals surface area contributed by atoms with Gasteiger partial charge < -0.3 is 10.1 Å². The predicted molar refractivity (Wildman–Crippen MR) is 93.6 cm³/mol. The Hall–Kier alpha value is -2.06. The number of carbonyl (C=O) groups excluding carboxylic acids is 1. The lowest BCUT2D eigenvalue weighted by molar-refractivity contribution is -0.127. The van der Waals surface area contributed by atoms with E-state index >= 15 is 0 Å². The molecule has 1 N–H and O–H groups in total. The zero-order valence-electron chi connectivity index (χ0n) is 14.6. The molecule has 0 radical (unpaired) electrons. The third kappa shape index (κ3) is 4.97. The van der Waals surface area contributed by atoms with Gasteiger partial charge in [0.2, 0.25) is 5.91 Å². The van der Waals surface area contributed by atoms with Crippen LogP contribution in [0.5, 0.6) is 5.75 Å². The molecule has 0 saturated heterocycles. The molecule has 1 aliphatic rings. The van der Waals surface area contributed by atoms with E-state index in [1.165, 1.54) is 0 Å². The Morgan fingerprint density at radius 1 is 1.33 bits per heavy atom. The van der Waals surface area contributed by atoms with Crippen LogP contribution in [0.15, 0.2) is 30.3 Å². The summed E-state index contributed by atoms with van der Waals surface area (Å²) in [5.41, 5.74) is -0.676. The van der Waals surface area contributed by atoms with E-state index in [4.69, 9.17) is 4.74 Å². The molecule has 1 aromatic rings. The van der Waals surface area contributed by atoms with Gasteiger partial charge in [-0.1, -0.05) is 37.5 Å². The largest absolute Gasteiger partial charge is 0.492 e. The molecule has 24 heavy (non-hydrogen) atoms. The quantitative estimate of drug-likeness (QED) is 0.835. The highest BCUT2D eigenvalue weighted by Crippen LogP contribution is 2.27. The molecular weight excluding hydrogens is 302 g/mol. The van der Waals surface area contributed by atoms with Crippen LogP contribution >= 0.6 is 0 Å². The fraction of sp³-hybridized carbons (Fsp3) is 0.579. The number of hydrogen-bond acceptors (Lipinski definition) is 4. The molecule has 0 heterocycles. The second kappa shape index (κ2) is 8.70. The highest BCUT2D eigenvalue weighted by Gasteiger charge is 2.35. The molecule has 5 heteroatoms. The van der Waals surface area contributed by atoms with Gasteiger partial charge in [0.25, 0.3) is 0 Å². The van der Waals surface area contributed by atoms with Gasteiger partial charge in [-0.05, 0) is 38.9 Å². The van der Waals surface area contributed by atoms with E-state index in [0.29, 0.717) is 13.2 Å². The number of amides is 1. The van der Waals surface area contributed by atoms with Crippen LogP contribution in [-0.2, 0) is 4.79 Å². The molecule has 0 bridgehead atoms. The first-order valence-electron chi connectivity index (χ1n) is 8.68. The molecule has 2 rings (SSSR count). The highest BCUT2D eigenvalue weighted by molar-refractivity contribution is 5.82. The summed E-state index contributed by atoms with van der Waals surface area (Å²) in [4.78, 5) is 14.5. The second-order valence-electron chi connectivity index (χ2n) is 6.56. The summed E-state index contributed by atoms with van der Waals surface area (Å²) in [5.74, 6) is 0.745. The topological polar surface area (TPSA) is 65.4 Å². The van der Waals surface area contributed by atoms with Crippen LogP contribution in [0.25, 0.3) is 0 Å². The van der Waals surface area contributed by atoms with Gasteiger partial charge in [0, 0.05) is 6.54 Å². The first-order valence-corrected chi connectivity index (χ1v) is 8.68. The Labute approximate surface area is 144 Å². The number of nitriles is 1. The Morgan fingerprint density at radius 3 is 2.62 bits per heavy atom. The van der Waals surface area contributed by atoms with Gasteiger partial charge >= 0.3 is 0 Å². The Bertz CT molecular complexity index is 562. The standard InChI is InChI=1S/C19H27N3O2/c1-16(18(23)21-19(15-20)11-7-4-8-12-19)22(2)13-14-24-17-9-5-3-6-10-17/h3,5-6,9-10,16H,4,7-8,11-14H2,1-2H3,(H,21,23). The highest BCUT2D eigenvalue weighted by atomic mass is 16.5. The normalized spacial score (nSPS) is 17.8. The van der Waals surface area contributed by atoms with Crippen molar-refractivity contribution in [2.24, 2.45) is 0 Å². The van der Waals surface area contributed by atoms with E-state index < -0.39 is 5.54 Å². The molecule has 0 spiro atoms. The molecular formula is C19H27N3O2. The maximum Gasteiger partial charge on any atom is 0.238 e. The van der Waals surface area contributed by atoms with Gasteiger partial charge in [-0.3, -0.25) is 9.69 Å². The van der Waals surface area contributed by atoms with Crippen LogP contribution < -0.4 is 10.1 Å². The molecule has 1 fully saturated rings. The molecule has 0 aliphatic heterocycles. The fourth-order valence-electron chi connectivity index (χ4n) is 2.98. The van der Waals surface area contributed by atoms with Crippen LogP contribution in [0.3, 0.4) is 0 Å². The number of carbonyl (C=O) groups is 1. The SMILES string of the molecule is CC(C(=O)NC1(C#N)CCCCC1)N(C)CCOc1ccccc1. The Balaban J connectivity index is 1.80. The summed E-state index contributed by atoms with van der Waals surface area (Å²) >= 11 is 0. The van der Waals surface area contributed by atoms with Gasteiger partial charge in [-0.15, -0.1) is 0 Å². The monoisotopic (exact) mass is 329 g/mol. The zero-order valence-corrected chi connectivity index (χ0v) is 14.6. The number of rotatable bonds is 7. The van der Waals surface area contributed by atoms with Crippen molar-refractivity contribution in [3.8, 4) is 11.8 Å². The molecule has 1 aliphatic carbocycles. The number of ether oxygens (including phenoxy) is 1. The van der Waals surface area contributed by atoms with Crippen LogP contribution in [-0.4, -0.2) is 42.6 Å². The average Bonchev–Trinajstić information content (AvgIpc) is 2.62. The van der Waals surface area contributed by atoms with Crippen LogP contribution in [0.1, 0.15) is 39.0 Å². The summed E-state index contributed by atoms with van der Waals surface area (Å²) in [6, 6.07) is 11.7. The number of likely N-dealkylation sites (N-methyl/N-ethyl adjacent to an activating group) is 1. The molecule has 0 aromatic heterocycles. The lowest BCUT2D eigenvalue weighted by atomic mass is 9.82. The number of hydrogen-bond donors (Lipinski definition) is 1. The number of benzene rings is 1. The summed E-state index contributed by atoms with van der Waals surface area (Å²) in [5, 5.41) is 12.5. The van der Waals surface area contributed by atoms with Gasteiger partial charge in [-0.25, -0.2) is 0 Å². The minimum absolute atomic E-state index is 0.0827. The first kappa shape index (κ1) is 18.3. The van der Waals surface area contributed by atoms with E-state index in [0.717, 1.165) is 37.9 Å². The minimum Gasteiger partial charge on any atom is -0.492 e. The molecule has 5 nitrogen and oxygen atoms in total. The third-order valence-electron chi connectivity index (χ3n) is 4.78. The van der Waals surface area contributed by atoms with E-state index in [-0.39, 0.29) is 11.9 Å². The molecule has 1 atom stereocenters. The van der Waals surface area contributed by atoms with Crippen molar-refractivity contribution in [3.63, 3.8) is 0 Å². The van der Waals surface area contributed by atoms with Gasteiger partial charge in [0.05, 0.1) is 12.1 Å². The van der Waals surface area contributed by atoms with Crippen molar-refractivity contribution in [2.75, 3.05) is 20.2 Å². The lowest BCUT2D eigenvalue weighted by Gasteiger charge is -2.34. The fourth-order valence-corrected chi connectivity index (χ4v) is 2.98. The molecule has 1 saturated carbocycles. The van der Waals surface area contributed by atoms with Crippen LogP contribution in [0.4, 0.5) is 0 Å². The Kier molecular flexibility index (Phi) is 6.62. The van der Waals surface area contributed by atoms with E-state index in [1.54, 1.807) is 0 Å². The summed E-state index contributed by atoms with van der Waals surface area (Å²) in [6.45, 7) is 3.02. The zero-order chi connectivity index (χ0) is 17.4. The molecule has 1 unspecified atom stereocenters. The van der Waals surface area contributed by atoms with Crippen molar-refractivity contribution in [1.82, 2.24) is 10.2 Å². The van der Waals surface area contributed by atoms with Crippen molar-refractivity contribution < 1.29 is 9.53 Å². The van der Waals surface area contributed by atoms with E-state index in [2.05, 4.69) is 11.4 Å². The lowest BCUT2D eigenvalue weighted by Crippen LogP contribution is -2.54. The maximum absolute atomic E-state index is 12.5. The van der Waals surface area contributed by atoms with Crippen molar-refractivity contribution >= 4 is 5.91 Å². The average molecular weight is 329 g/mol. The van der Waals surface area contributed by atoms with Gasteiger partial charge in [0.1, 0.15) is 17.9 Å². The van der Waals surface area contributed by atoms with Crippen molar-refractivity contribution in [2.45, 2.75) is 50.6 Å². The van der Waals surface area contributed by atoms with Crippen molar-refractivity contribution in [3.05, 3.63) is 30.3 Å². The second-order valence-corrected chi connectivity index (χ2v) is 6.56. The minimum atomic E-state index is -0.676. The summed E-state index contributed by atoms with van der Waals surface area (Å²) in [7, 11) is 1.90. The Morgan fingerprint density at radius 2 is 2.00 bits per heavy atom. The number of para-hydroxylation sites is 1. The maximum atomic E-state index is 12.5. The number of nitrogens with zero attached hydrogens (tertiary/aromatic N) is 2. The van der Waals surface area contributed by atoms with Gasteiger partial charge in [-0.2, -0.15) is 5.26 Å². The predicted octanol–water partition coefficient (Wildman–Crippen LogP) is 2.73. The van der Waals surface area contributed by atoms with E-state index in [9.17, 15) is 10.1 Å². The van der Waals surface area contributed by atoms with Crippen molar-refractivity contribution in [1.29, 1.82) is 5.26 Å². The molecule has 1 aromatic carbocycles. The van der Waals surface area contributed by atoms with Crippen LogP contribution in [0, 0.1) is 11.3 Å². The first-order chi connectivity index (χ1) is 11.6. The van der Waals surface area contributed by atoms with Crippen LogP contribution in [0.2, 0.25) is 0 Å². The van der Waals surface area contributed by atoms with E-state index in [1.807, 2.05) is 49.2 Å². The smallest absolute Gasteiger partial charge is 0.238 e. The molecule has 130 valence electrons. The summed E-state index contributed by atoms with van der Waals surface area (Å²) in [6.07, 6.45) is 4.66. The summed E-state index contributed by atoms with van der Waals surface area (Å²) < 4.78 is 5.67. The number of nitrogens with one attached hydrogen (secondary N) is 1.